The molecule has 0 aliphatic carbocycles. The Kier molecular flexibility index (Phi) is 5.82. The molecule has 0 bridgehead atoms. The van der Waals surface area contributed by atoms with Gasteiger partial charge in [-0.3, -0.25) is 0 Å². The van der Waals surface area contributed by atoms with Gasteiger partial charge < -0.3 is 19.5 Å². The van der Waals surface area contributed by atoms with Gasteiger partial charge in [0.05, 0.1) is 25.2 Å². The fourth-order valence-electron chi connectivity index (χ4n) is 3.47. The van der Waals surface area contributed by atoms with Crippen molar-refractivity contribution < 1.29 is 14.2 Å². The summed E-state index contributed by atoms with van der Waals surface area (Å²) < 4.78 is 18.4. The summed E-state index contributed by atoms with van der Waals surface area (Å²) in [6.45, 7) is 2.91. The predicted octanol–water partition coefficient (Wildman–Crippen LogP) is 3.63. The topological polar surface area (TPSA) is 80.8 Å². The van der Waals surface area contributed by atoms with E-state index < -0.39 is 0 Å². The molecule has 0 unspecified atom stereocenters. The number of fused-ring (bicyclic) bond motifs is 1. The average Bonchev–Trinajstić information content (AvgIpc) is 3.20. The second-order valence-corrected chi connectivity index (χ2v) is 7.13. The lowest BCUT2D eigenvalue weighted by molar-refractivity contribution is 0.0699. The first-order chi connectivity index (χ1) is 14.3. The van der Waals surface area contributed by atoms with Crippen molar-refractivity contribution >= 4 is 11.2 Å². The second kappa shape index (κ2) is 8.84. The minimum atomic E-state index is 0.388. The van der Waals surface area contributed by atoms with Gasteiger partial charge in [0.1, 0.15) is 35.3 Å². The normalized spacial score (nSPS) is 14.5. The number of pyridine rings is 1. The number of nitrogens with one attached hydrogen (secondary N) is 1. The number of hydrogen-bond acceptors (Lipinski definition) is 6. The van der Waals surface area contributed by atoms with Crippen LogP contribution in [0.25, 0.3) is 5.52 Å². The molecule has 29 heavy (non-hydrogen) atoms. The first kappa shape index (κ1) is 19.1. The zero-order valence-corrected chi connectivity index (χ0v) is 16.4. The van der Waals surface area contributed by atoms with Gasteiger partial charge in [-0.25, -0.2) is 4.52 Å². The molecule has 3 heterocycles. The summed E-state index contributed by atoms with van der Waals surface area (Å²) in [6.07, 6.45) is 5.60. The second-order valence-electron chi connectivity index (χ2n) is 7.13. The van der Waals surface area contributed by atoms with E-state index >= 15 is 0 Å². The van der Waals surface area contributed by atoms with Gasteiger partial charge in [0, 0.05) is 25.8 Å². The third-order valence-electron chi connectivity index (χ3n) is 5.19. The Morgan fingerprint density at radius 2 is 2.07 bits per heavy atom. The molecule has 0 saturated carbocycles. The summed E-state index contributed by atoms with van der Waals surface area (Å²) in [7, 11) is 1.64. The molecule has 1 aliphatic rings. The zero-order chi connectivity index (χ0) is 20.1. The molecule has 4 rings (SSSR count). The van der Waals surface area contributed by atoms with Crippen molar-refractivity contribution in [2.24, 2.45) is 5.92 Å². The number of rotatable bonds is 7. The van der Waals surface area contributed by atoms with Gasteiger partial charge in [-0.2, -0.15) is 10.4 Å². The molecule has 0 spiro atoms. The van der Waals surface area contributed by atoms with Crippen molar-refractivity contribution in [2.45, 2.75) is 19.4 Å². The van der Waals surface area contributed by atoms with Crippen LogP contribution in [0.15, 0.2) is 42.7 Å². The summed E-state index contributed by atoms with van der Waals surface area (Å²) in [5.74, 6) is 2.03. The van der Waals surface area contributed by atoms with Gasteiger partial charge in [-0.05, 0) is 36.5 Å². The number of nitrogens with zero attached hydrogens (tertiary/aromatic N) is 3. The smallest absolute Gasteiger partial charge is 0.149 e. The molecular weight excluding hydrogens is 368 g/mol. The Morgan fingerprint density at radius 3 is 2.79 bits per heavy atom. The number of nitriles is 1. The van der Waals surface area contributed by atoms with E-state index in [1.54, 1.807) is 17.8 Å². The van der Waals surface area contributed by atoms with Gasteiger partial charge in [0.2, 0.25) is 0 Å². The standard InChI is InChI=1S/C22H24N4O3/c1-27-20-4-2-17(3-5-20)15-29-21-10-19(24-12-16-6-8-28-9-7-16)14-26-22(21)18(11-23)13-25-26/h2-5,10,13-14,16,24H,6-9,12,15H2,1H3. The third-order valence-corrected chi connectivity index (χ3v) is 5.19. The quantitative estimate of drug-likeness (QED) is 0.661. The van der Waals surface area contributed by atoms with Crippen molar-refractivity contribution in [3.63, 3.8) is 0 Å². The van der Waals surface area contributed by atoms with Crippen LogP contribution in [0.4, 0.5) is 5.69 Å². The average molecular weight is 392 g/mol. The Labute approximate surface area is 169 Å². The van der Waals surface area contributed by atoms with E-state index in [9.17, 15) is 5.26 Å². The Balaban J connectivity index is 1.54. The van der Waals surface area contributed by atoms with Crippen LogP contribution in [-0.2, 0) is 11.3 Å². The van der Waals surface area contributed by atoms with Crippen molar-refractivity contribution in [3.8, 4) is 17.6 Å². The number of benzene rings is 1. The van der Waals surface area contributed by atoms with Gasteiger partial charge in [0.15, 0.2) is 0 Å². The number of aromatic nitrogens is 2. The monoisotopic (exact) mass is 392 g/mol. The van der Waals surface area contributed by atoms with Crippen LogP contribution in [-0.4, -0.2) is 36.5 Å². The summed E-state index contributed by atoms with van der Waals surface area (Å²) in [4.78, 5) is 0. The van der Waals surface area contributed by atoms with Crippen LogP contribution in [0.3, 0.4) is 0 Å². The highest BCUT2D eigenvalue weighted by molar-refractivity contribution is 5.72. The fraction of sp³-hybridized carbons (Fsp3) is 0.364. The molecule has 1 fully saturated rings. The van der Waals surface area contributed by atoms with E-state index in [1.807, 2.05) is 36.5 Å². The molecular formula is C22H24N4O3. The number of methoxy groups -OCH3 is 1. The molecule has 1 aliphatic heterocycles. The van der Waals surface area contributed by atoms with Gasteiger partial charge >= 0.3 is 0 Å². The van der Waals surface area contributed by atoms with Crippen LogP contribution < -0.4 is 14.8 Å². The first-order valence-corrected chi connectivity index (χ1v) is 9.75. The van der Waals surface area contributed by atoms with Crippen LogP contribution in [0.1, 0.15) is 24.0 Å². The lowest BCUT2D eigenvalue weighted by Crippen LogP contribution is -2.22. The zero-order valence-electron chi connectivity index (χ0n) is 16.4. The minimum Gasteiger partial charge on any atom is -0.497 e. The highest BCUT2D eigenvalue weighted by atomic mass is 16.5. The molecule has 7 nitrogen and oxygen atoms in total. The van der Waals surface area contributed by atoms with Crippen molar-refractivity contribution in [1.29, 1.82) is 5.26 Å². The molecule has 0 radical (unpaired) electrons. The molecule has 3 aromatic rings. The maximum Gasteiger partial charge on any atom is 0.149 e. The highest BCUT2D eigenvalue weighted by Gasteiger charge is 2.16. The fourth-order valence-corrected chi connectivity index (χ4v) is 3.47. The van der Waals surface area contributed by atoms with Crippen LogP contribution in [0.2, 0.25) is 0 Å². The van der Waals surface area contributed by atoms with Crippen molar-refractivity contribution in [3.05, 3.63) is 53.9 Å². The molecule has 0 atom stereocenters. The van der Waals surface area contributed by atoms with Gasteiger partial charge in [-0.15, -0.1) is 0 Å². The summed E-state index contributed by atoms with van der Waals surface area (Å²) in [5, 5.41) is 17.2. The summed E-state index contributed by atoms with van der Waals surface area (Å²) in [6, 6.07) is 11.9. The third kappa shape index (κ3) is 4.44. The molecule has 1 N–H and O–H groups in total. The van der Waals surface area contributed by atoms with E-state index in [-0.39, 0.29) is 0 Å². The van der Waals surface area contributed by atoms with Crippen LogP contribution >= 0.6 is 0 Å². The molecule has 2 aromatic heterocycles. The number of hydrogen-bond donors (Lipinski definition) is 1. The Hall–Kier alpha value is -3.24. The van der Waals surface area contributed by atoms with E-state index in [0.717, 1.165) is 49.6 Å². The molecule has 150 valence electrons. The van der Waals surface area contributed by atoms with Crippen molar-refractivity contribution in [2.75, 3.05) is 32.2 Å². The number of anilines is 1. The van der Waals surface area contributed by atoms with Crippen LogP contribution in [0, 0.1) is 17.2 Å². The minimum absolute atomic E-state index is 0.388. The van der Waals surface area contributed by atoms with Gasteiger partial charge in [0.25, 0.3) is 0 Å². The van der Waals surface area contributed by atoms with Gasteiger partial charge in [-0.1, -0.05) is 12.1 Å². The summed E-state index contributed by atoms with van der Waals surface area (Å²) >= 11 is 0. The SMILES string of the molecule is COc1ccc(COc2cc(NCC3CCOCC3)cn3ncc(C#N)c23)cc1. The van der Waals surface area contributed by atoms with E-state index in [2.05, 4.69) is 16.5 Å². The maximum atomic E-state index is 9.43. The lowest BCUT2D eigenvalue weighted by atomic mass is 10.0. The summed E-state index contributed by atoms with van der Waals surface area (Å²) in [5.41, 5.74) is 3.10. The number of ether oxygens (including phenoxy) is 3. The largest absolute Gasteiger partial charge is 0.497 e. The Morgan fingerprint density at radius 1 is 1.28 bits per heavy atom. The maximum absolute atomic E-state index is 9.43. The van der Waals surface area contributed by atoms with E-state index in [1.165, 1.54) is 0 Å². The first-order valence-electron chi connectivity index (χ1n) is 9.75. The van der Waals surface area contributed by atoms with E-state index in [0.29, 0.717) is 29.4 Å². The van der Waals surface area contributed by atoms with Crippen LogP contribution in [0.5, 0.6) is 11.5 Å². The molecule has 1 saturated heterocycles. The predicted molar refractivity (Wildman–Crippen MR) is 109 cm³/mol. The molecule has 0 amide bonds. The molecule has 7 heteroatoms. The van der Waals surface area contributed by atoms with Crippen molar-refractivity contribution in [1.82, 2.24) is 9.61 Å². The lowest BCUT2D eigenvalue weighted by Gasteiger charge is -2.22. The Bertz CT molecular complexity index is 1000. The highest BCUT2D eigenvalue weighted by Crippen LogP contribution is 2.28. The van der Waals surface area contributed by atoms with E-state index in [4.69, 9.17) is 14.2 Å². The molecule has 1 aromatic carbocycles.